The Hall–Kier alpha value is -1.30. The number of aromatic nitrogens is 2. The predicted molar refractivity (Wildman–Crippen MR) is 90.5 cm³/mol. The maximum absolute atomic E-state index is 11.9. The van der Waals surface area contributed by atoms with Crippen LogP contribution < -0.4 is 5.32 Å². The smallest absolute Gasteiger partial charge is 0.230 e. The summed E-state index contributed by atoms with van der Waals surface area (Å²) < 4.78 is 0. The molecule has 4 nitrogen and oxygen atoms in total. The molecule has 2 aromatic rings. The van der Waals surface area contributed by atoms with E-state index in [0.717, 1.165) is 17.0 Å². The Labute approximate surface area is 143 Å². The van der Waals surface area contributed by atoms with Gasteiger partial charge in [0.15, 0.2) is 5.16 Å². The van der Waals surface area contributed by atoms with Gasteiger partial charge in [-0.2, -0.15) is 0 Å². The number of carbonyl (C=O) groups is 1. The van der Waals surface area contributed by atoms with Crippen molar-refractivity contribution in [3.8, 4) is 0 Å². The number of halogens is 2. The third-order valence-electron chi connectivity index (χ3n) is 2.79. The molecule has 0 bridgehead atoms. The Bertz CT molecular complexity index is 674. The topological polar surface area (TPSA) is 54.9 Å². The van der Waals surface area contributed by atoms with Crippen LogP contribution in [0.25, 0.3) is 0 Å². The standard InChI is InChI=1S/C15H15Cl2N3OS/c1-9-5-10(2)20-15(19-9)22-8-14(21)18-7-11-3-4-12(16)6-13(11)17/h3-6H,7-8H2,1-2H3,(H,18,21). The van der Waals surface area contributed by atoms with E-state index in [4.69, 9.17) is 23.2 Å². The molecular formula is C15H15Cl2N3OS. The molecule has 7 heteroatoms. The number of nitrogens with zero attached hydrogens (tertiary/aromatic N) is 2. The molecule has 0 spiro atoms. The number of thioether (sulfide) groups is 1. The fourth-order valence-corrected chi connectivity index (χ4v) is 3.05. The fourth-order valence-electron chi connectivity index (χ4n) is 1.80. The molecule has 0 radical (unpaired) electrons. The van der Waals surface area contributed by atoms with Crippen LogP contribution in [0.5, 0.6) is 0 Å². The molecule has 0 aliphatic heterocycles. The van der Waals surface area contributed by atoms with E-state index in [2.05, 4.69) is 15.3 Å². The molecule has 0 unspecified atom stereocenters. The van der Waals surface area contributed by atoms with Crippen LogP contribution in [0.2, 0.25) is 10.0 Å². The predicted octanol–water partition coefficient (Wildman–Crippen LogP) is 3.81. The summed E-state index contributed by atoms with van der Waals surface area (Å²) in [6.07, 6.45) is 0. The zero-order chi connectivity index (χ0) is 16.1. The lowest BCUT2D eigenvalue weighted by molar-refractivity contribution is -0.118. The van der Waals surface area contributed by atoms with Crippen LogP contribution in [-0.4, -0.2) is 21.6 Å². The lowest BCUT2D eigenvalue weighted by Crippen LogP contribution is -2.24. The van der Waals surface area contributed by atoms with Gasteiger partial charge in [0, 0.05) is 28.0 Å². The molecule has 1 aromatic heterocycles. The summed E-state index contributed by atoms with van der Waals surface area (Å²) in [4.78, 5) is 20.4. The first kappa shape index (κ1) is 17.1. The first-order valence-electron chi connectivity index (χ1n) is 6.60. The number of amides is 1. The molecule has 2 rings (SSSR count). The maximum atomic E-state index is 11.9. The van der Waals surface area contributed by atoms with Crippen LogP contribution in [-0.2, 0) is 11.3 Å². The number of aryl methyl sites for hydroxylation is 2. The van der Waals surface area contributed by atoms with Crippen molar-refractivity contribution in [2.75, 3.05) is 5.75 Å². The van der Waals surface area contributed by atoms with Crippen molar-refractivity contribution < 1.29 is 4.79 Å². The van der Waals surface area contributed by atoms with Crippen LogP contribution in [0, 0.1) is 13.8 Å². The average molecular weight is 356 g/mol. The summed E-state index contributed by atoms with van der Waals surface area (Å²) in [5.74, 6) is 0.160. The molecule has 0 aliphatic carbocycles. The van der Waals surface area contributed by atoms with Gasteiger partial charge in [0.05, 0.1) is 5.75 Å². The second-order valence-electron chi connectivity index (χ2n) is 4.73. The normalized spacial score (nSPS) is 10.5. The SMILES string of the molecule is Cc1cc(C)nc(SCC(=O)NCc2ccc(Cl)cc2Cl)n1. The van der Waals surface area contributed by atoms with Crippen LogP contribution in [0.1, 0.15) is 17.0 Å². The van der Waals surface area contributed by atoms with E-state index in [9.17, 15) is 4.79 Å². The molecule has 1 aromatic carbocycles. The Morgan fingerprint density at radius 2 is 1.86 bits per heavy atom. The van der Waals surface area contributed by atoms with E-state index in [1.54, 1.807) is 18.2 Å². The lowest BCUT2D eigenvalue weighted by Gasteiger charge is -2.07. The highest BCUT2D eigenvalue weighted by atomic mass is 35.5. The largest absolute Gasteiger partial charge is 0.351 e. The van der Waals surface area contributed by atoms with Crippen LogP contribution in [0.15, 0.2) is 29.4 Å². The van der Waals surface area contributed by atoms with Crippen LogP contribution in [0.3, 0.4) is 0 Å². The van der Waals surface area contributed by atoms with Crippen molar-refractivity contribution in [1.29, 1.82) is 0 Å². The minimum atomic E-state index is -0.0984. The van der Waals surface area contributed by atoms with Gasteiger partial charge >= 0.3 is 0 Å². The van der Waals surface area contributed by atoms with E-state index in [-0.39, 0.29) is 11.7 Å². The lowest BCUT2D eigenvalue weighted by atomic mass is 10.2. The summed E-state index contributed by atoms with van der Waals surface area (Å²) in [6.45, 7) is 4.17. The molecule has 0 fully saturated rings. The van der Waals surface area contributed by atoms with Gasteiger partial charge in [-0.15, -0.1) is 0 Å². The summed E-state index contributed by atoms with van der Waals surface area (Å²) in [5.41, 5.74) is 2.61. The van der Waals surface area contributed by atoms with Crippen LogP contribution >= 0.6 is 35.0 Å². The third-order valence-corrected chi connectivity index (χ3v) is 4.22. The average Bonchev–Trinajstić information content (AvgIpc) is 2.43. The molecule has 1 heterocycles. The first-order valence-corrected chi connectivity index (χ1v) is 8.34. The Morgan fingerprint density at radius 1 is 1.18 bits per heavy atom. The minimum Gasteiger partial charge on any atom is -0.351 e. The quantitative estimate of drug-likeness (QED) is 0.654. The molecule has 0 aliphatic rings. The zero-order valence-corrected chi connectivity index (χ0v) is 14.5. The van der Waals surface area contributed by atoms with Gasteiger partial charge in [-0.25, -0.2) is 9.97 Å². The van der Waals surface area contributed by atoms with Crippen molar-refractivity contribution >= 4 is 40.9 Å². The minimum absolute atomic E-state index is 0.0984. The number of hydrogen-bond acceptors (Lipinski definition) is 4. The Kier molecular flexibility index (Phi) is 6.06. The van der Waals surface area contributed by atoms with E-state index in [0.29, 0.717) is 21.7 Å². The number of rotatable bonds is 5. The molecule has 116 valence electrons. The summed E-state index contributed by atoms with van der Waals surface area (Å²) in [7, 11) is 0. The van der Waals surface area contributed by atoms with Gasteiger partial charge in [0.25, 0.3) is 0 Å². The zero-order valence-electron chi connectivity index (χ0n) is 12.2. The molecule has 1 amide bonds. The van der Waals surface area contributed by atoms with Gasteiger partial charge in [0.1, 0.15) is 0 Å². The maximum Gasteiger partial charge on any atom is 0.230 e. The Morgan fingerprint density at radius 3 is 2.50 bits per heavy atom. The van der Waals surface area contributed by atoms with E-state index in [1.165, 1.54) is 11.8 Å². The second kappa shape index (κ2) is 7.81. The van der Waals surface area contributed by atoms with E-state index < -0.39 is 0 Å². The highest BCUT2D eigenvalue weighted by Crippen LogP contribution is 2.21. The molecule has 0 saturated carbocycles. The van der Waals surface area contributed by atoms with E-state index in [1.807, 2.05) is 19.9 Å². The number of benzene rings is 1. The van der Waals surface area contributed by atoms with Gasteiger partial charge < -0.3 is 5.32 Å². The summed E-state index contributed by atoms with van der Waals surface area (Å²) >= 11 is 13.2. The molecule has 0 atom stereocenters. The summed E-state index contributed by atoms with van der Waals surface area (Å²) in [6, 6.07) is 7.09. The number of carbonyl (C=O) groups excluding carboxylic acids is 1. The van der Waals surface area contributed by atoms with Gasteiger partial charge in [-0.3, -0.25) is 4.79 Å². The number of hydrogen-bond donors (Lipinski definition) is 1. The Balaban J connectivity index is 1.85. The van der Waals surface area contributed by atoms with Gasteiger partial charge in [-0.05, 0) is 37.6 Å². The van der Waals surface area contributed by atoms with E-state index >= 15 is 0 Å². The highest BCUT2D eigenvalue weighted by molar-refractivity contribution is 7.99. The monoisotopic (exact) mass is 355 g/mol. The first-order chi connectivity index (χ1) is 10.4. The molecular weight excluding hydrogens is 341 g/mol. The van der Waals surface area contributed by atoms with Crippen molar-refractivity contribution in [1.82, 2.24) is 15.3 Å². The summed E-state index contributed by atoms with van der Waals surface area (Å²) in [5, 5.41) is 4.54. The van der Waals surface area contributed by atoms with Gasteiger partial charge in [0.2, 0.25) is 5.91 Å². The number of nitrogens with one attached hydrogen (secondary N) is 1. The van der Waals surface area contributed by atoms with Gasteiger partial charge in [-0.1, -0.05) is 41.0 Å². The molecule has 0 saturated heterocycles. The van der Waals surface area contributed by atoms with Crippen molar-refractivity contribution in [2.45, 2.75) is 25.5 Å². The van der Waals surface area contributed by atoms with Crippen molar-refractivity contribution in [2.24, 2.45) is 0 Å². The second-order valence-corrected chi connectivity index (χ2v) is 6.52. The van der Waals surface area contributed by atoms with Crippen molar-refractivity contribution in [3.05, 3.63) is 51.3 Å². The molecule has 22 heavy (non-hydrogen) atoms. The highest BCUT2D eigenvalue weighted by Gasteiger charge is 2.07. The van der Waals surface area contributed by atoms with Crippen LogP contribution in [0.4, 0.5) is 0 Å². The van der Waals surface area contributed by atoms with Crippen molar-refractivity contribution in [3.63, 3.8) is 0 Å². The fraction of sp³-hybridized carbons (Fsp3) is 0.267. The molecule has 1 N–H and O–H groups in total. The third kappa shape index (κ3) is 5.16.